The Kier molecular flexibility index (Phi) is 7.05. The average Bonchev–Trinajstić information content (AvgIpc) is 3.26. The summed E-state index contributed by atoms with van der Waals surface area (Å²) in [6.45, 7) is 2.48. The molecule has 150 valence electrons. The van der Waals surface area contributed by atoms with Crippen LogP contribution in [0.5, 0.6) is 0 Å². The van der Waals surface area contributed by atoms with Gasteiger partial charge in [0.15, 0.2) is 0 Å². The first-order chi connectivity index (χ1) is 14.1. The summed E-state index contributed by atoms with van der Waals surface area (Å²) in [6.07, 6.45) is 2.76. The molecule has 29 heavy (non-hydrogen) atoms. The standard InChI is InChI=1S/C21H23N5O3/c1-16-2-4-17(5-3-16)8-11-20(27)22-12-13-29-21(28)14-18-6-9-19(10-7-18)26-15-23-24-25-26/h2-7,9-10,15H,8,11-14H2,1H3,(H,22,27). The van der Waals surface area contributed by atoms with E-state index in [4.69, 9.17) is 4.74 Å². The maximum atomic E-state index is 11.9. The Morgan fingerprint density at radius 1 is 1.03 bits per heavy atom. The Morgan fingerprint density at radius 2 is 1.76 bits per heavy atom. The van der Waals surface area contributed by atoms with Gasteiger partial charge in [-0.1, -0.05) is 42.0 Å². The number of amides is 1. The number of hydrogen-bond acceptors (Lipinski definition) is 6. The first kappa shape index (κ1) is 20.2. The molecular weight excluding hydrogens is 370 g/mol. The fourth-order valence-electron chi connectivity index (χ4n) is 2.72. The topological polar surface area (TPSA) is 99.0 Å². The molecule has 0 radical (unpaired) electrons. The highest BCUT2D eigenvalue weighted by atomic mass is 16.5. The van der Waals surface area contributed by atoms with Gasteiger partial charge in [0.05, 0.1) is 18.7 Å². The highest BCUT2D eigenvalue weighted by Crippen LogP contribution is 2.09. The summed E-state index contributed by atoms with van der Waals surface area (Å²) in [5.74, 6) is -0.395. The minimum Gasteiger partial charge on any atom is -0.464 e. The van der Waals surface area contributed by atoms with Crippen molar-refractivity contribution >= 4 is 11.9 Å². The second-order valence-corrected chi connectivity index (χ2v) is 6.65. The van der Waals surface area contributed by atoms with Crippen LogP contribution in [0.1, 0.15) is 23.1 Å². The lowest BCUT2D eigenvalue weighted by Crippen LogP contribution is -2.28. The van der Waals surface area contributed by atoms with Crippen LogP contribution in [0.2, 0.25) is 0 Å². The van der Waals surface area contributed by atoms with E-state index in [2.05, 4.69) is 20.8 Å². The Hall–Kier alpha value is -3.55. The van der Waals surface area contributed by atoms with Crippen molar-refractivity contribution in [1.82, 2.24) is 25.5 Å². The monoisotopic (exact) mass is 393 g/mol. The van der Waals surface area contributed by atoms with Crippen LogP contribution >= 0.6 is 0 Å². The Balaban J connectivity index is 1.31. The van der Waals surface area contributed by atoms with Crippen LogP contribution in [0.25, 0.3) is 5.69 Å². The minimum atomic E-state index is -0.339. The molecule has 0 bridgehead atoms. The summed E-state index contributed by atoms with van der Waals surface area (Å²) in [4.78, 5) is 23.8. The SMILES string of the molecule is Cc1ccc(CCC(=O)NCCOC(=O)Cc2ccc(-n3cnnn3)cc2)cc1. The molecule has 0 aliphatic carbocycles. The number of aromatic nitrogens is 4. The third kappa shape index (κ3) is 6.53. The predicted molar refractivity (Wildman–Crippen MR) is 106 cm³/mol. The van der Waals surface area contributed by atoms with Gasteiger partial charge in [0, 0.05) is 6.42 Å². The second-order valence-electron chi connectivity index (χ2n) is 6.65. The molecule has 0 atom stereocenters. The van der Waals surface area contributed by atoms with E-state index in [1.807, 2.05) is 55.5 Å². The summed E-state index contributed by atoms with van der Waals surface area (Å²) in [7, 11) is 0. The van der Waals surface area contributed by atoms with Crippen LogP contribution in [0, 0.1) is 6.92 Å². The Morgan fingerprint density at radius 3 is 2.45 bits per heavy atom. The highest BCUT2D eigenvalue weighted by molar-refractivity contribution is 5.76. The van der Waals surface area contributed by atoms with Crippen molar-refractivity contribution in [1.29, 1.82) is 0 Å². The molecule has 0 saturated heterocycles. The summed E-state index contributed by atoms with van der Waals surface area (Å²) in [5, 5.41) is 13.7. The van der Waals surface area contributed by atoms with Crippen LogP contribution in [0.3, 0.4) is 0 Å². The maximum absolute atomic E-state index is 11.9. The summed E-state index contributed by atoms with van der Waals surface area (Å²) in [5.41, 5.74) is 3.96. The van der Waals surface area contributed by atoms with E-state index in [1.54, 1.807) is 0 Å². The molecule has 0 aliphatic rings. The van der Waals surface area contributed by atoms with E-state index >= 15 is 0 Å². The highest BCUT2D eigenvalue weighted by Gasteiger charge is 2.07. The number of esters is 1. The smallest absolute Gasteiger partial charge is 0.310 e. The molecule has 8 nitrogen and oxygen atoms in total. The molecule has 0 aliphatic heterocycles. The first-order valence-corrected chi connectivity index (χ1v) is 9.40. The van der Waals surface area contributed by atoms with Crippen molar-refractivity contribution in [3.05, 3.63) is 71.5 Å². The zero-order chi connectivity index (χ0) is 20.5. The van der Waals surface area contributed by atoms with Gasteiger partial charge in [-0.05, 0) is 47.0 Å². The number of benzene rings is 2. The van der Waals surface area contributed by atoms with E-state index < -0.39 is 0 Å². The van der Waals surface area contributed by atoms with E-state index in [0.29, 0.717) is 19.4 Å². The van der Waals surface area contributed by atoms with Crippen LogP contribution in [-0.4, -0.2) is 45.2 Å². The fraction of sp³-hybridized carbons (Fsp3) is 0.286. The van der Waals surface area contributed by atoms with Crippen LogP contribution in [0.15, 0.2) is 54.9 Å². The van der Waals surface area contributed by atoms with Crippen molar-refractivity contribution in [3.63, 3.8) is 0 Å². The van der Waals surface area contributed by atoms with Crippen molar-refractivity contribution < 1.29 is 14.3 Å². The molecule has 8 heteroatoms. The number of nitrogens with zero attached hydrogens (tertiary/aromatic N) is 4. The molecule has 1 N–H and O–H groups in total. The normalized spacial score (nSPS) is 10.5. The predicted octanol–water partition coefficient (Wildman–Crippen LogP) is 1.81. The van der Waals surface area contributed by atoms with Crippen molar-refractivity contribution in [2.45, 2.75) is 26.2 Å². The van der Waals surface area contributed by atoms with Crippen LogP contribution in [0.4, 0.5) is 0 Å². The lowest BCUT2D eigenvalue weighted by molar-refractivity contribution is -0.143. The van der Waals surface area contributed by atoms with Gasteiger partial charge in [0.25, 0.3) is 0 Å². The number of carbonyl (C=O) groups is 2. The number of carbonyl (C=O) groups excluding carboxylic acids is 2. The van der Waals surface area contributed by atoms with Gasteiger partial charge in [-0.2, -0.15) is 0 Å². The van der Waals surface area contributed by atoms with E-state index in [-0.39, 0.29) is 24.9 Å². The largest absolute Gasteiger partial charge is 0.464 e. The Labute approximate surface area is 168 Å². The third-order valence-corrected chi connectivity index (χ3v) is 4.35. The van der Waals surface area contributed by atoms with Gasteiger partial charge >= 0.3 is 5.97 Å². The molecular formula is C21H23N5O3. The number of tetrazole rings is 1. The molecule has 1 heterocycles. The summed E-state index contributed by atoms with van der Waals surface area (Å²) >= 11 is 0. The lowest BCUT2D eigenvalue weighted by Gasteiger charge is -2.08. The van der Waals surface area contributed by atoms with Gasteiger partial charge in [0.2, 0.25) is 5.91 Å². The van der Waals surface area contributed by atoms with E-state index in [9.17, 15) is 9.59 Å². The zero-order valence-electron chi connectivity index (χ0n) is 16.2. The molecule has 0 fully saturated rings. The van der Waals surface area contributed by atoms with Crippen molar-refractivity contribution in [2.24, 2.45) is 0 Å². The van der Waals surface area contributed by atoms with Gasteiger partial charge < -0.3 is 10.1 Å². The number of aryl methyl sites for hydroxylation is 2. The van der Waals surface area contributed by atoms with Gasteiger partial charge in [-0.15, -0.1) is 5.10 Å². The molecule has 0 saturated carbocycles. The molecule has 0 spiro atoms. The third-order valence-electron chi connectivity index (χ3n) is 4.35. The molecule has 1 aromatic heterocycles. The van der Waals surface area contributed by atoms with E-state index in [0.717, 1.165) is 16.8 Å². The maximum Gasteiger partial charge on any atom is 0.310 e. The number of rotatable bonds is 9. The van der Waals surface area contributed by atoms with E-state index in [1.165, 1.54) is 16.6 Å². The minimum absolute atomic E-state index is 0.0557. The van der Waals surface area contributed by atoms with Gasteiger partial charge in [-0.3, -0.25) is 9.59 Å². The van der Waals surface area contributed by atoms with Crippen LogP contribution in [-0.2, 0) is 27.2 Å². The van der Waals surface area contributed by atoms with Gasteiger partial charge in [-0.25, -0.2) is 4.68 Å². The van der Waals surface area contributed by atoms with Crippen LogP contribution < -0.4 is 5.32 Å². The molecule has 1 amide bonds. The molecule has 3 rings (SSSR count). The molecule has 3 aromatic rings. The van der Waals surface area contributed by atoms with Gasteiger partial charge in [0.1, 0.15) is 12.9 Å². The number of hydrogen-bond donors (Lipinski definition) is 1. The lowest BCUT2D eigenvalue weighted by atomic mass is 10.1. The molecule has 2 aromatic carbocycles. The fourth-order valence-corrected chi connectivity index (χ4v) is 2.72. The second kappa shape index (κ2) is 10.1. The first-order valence-electron chi connectivity index (χ1n) is 9.40. The average molecular weight is 393 g/mol. The Bertz CT molecular complexity index is 922. The summed E-state index contributed by atoms with van der Waals surface area (Å²) in [6, 6.07) is 15.4. The number of nitrogens with one attached hydrogen (secondary N) is 1. The van der Waals surface area contributed by atoms with Crippen molar-refractivity contribution in [2.75, 3.05) is 13.2 Å². The summed E-state index contributed by atoms with van der Waals surface area (Å²) < 4.78 is 6.71. The van der Waals surface area contributed by atoms with Crippen molar-refractivity contribution in [3.8, 4) is 5.69 Å². The number of ether oxygens (including phenoxy) is 1. The zero-order valence-corrected chi connectivity index (χ0v) is 16.2. The molecule has 0 unspecified atom stereocenters. The quantitative estimate of drug-likeness (QED) is 0.440.